The monoisotopic (exact) mass is 341 g/mol. The fraction of sp³-hybridized carbons (Fsp3) is 0.421. The van der Waals surface area contributed by atoms with Crippen LogP contribution in [0.2, 0.25) is 0 Å². The Hall–Kier alpha value is -1.85. The summed E-state index contributed by atoms with van der Waals surface area (Å²) in [4.78, 5) is 18.1. The summed E-state index contributed by atoms with van der Waals surface area (Å²) in [6, 6.07) is 12.6. The number of piperidine rings is 1. The third kappa shape index (κ3) is 3.19. The van der Waals surface area contributed by atoms with E-state index in [0.717, 1.165) is 36.7 Å². The average molecular weight is 341 g/mol. The molecule has 1 saturated heterocycles. The number of likely N-dealkylation sites (tertiary alicyclic amines) is 1. The summed E-state index contributed by atoms with van der Waals surface area (Å²) in [7, 11) is 0. The highest BCUT2D eigenvalue weighted by Gasteiger charge is 2.33. The molecule has 0 aliphatic carbocycles. The minimum Gasteiger partial charge on any atom is -0.344 e. The summed E-state index contributed by atoms with van der Waals surface area (Å²) in [6.07, 6.45) is 3.90. The number of thiophene rings is 1. The molecule has 1 aromatic heterocycles. The molecule has 126 valence electrons. The van der Waals surface area contributed by atoms with Crippen molar-refractivity contribution in [2.24, 2.45) is 0 Å². The number of nitrogens with zero attached hydrogens (tertiary/aromatic N) is 2. The van der Waals surface area contributed by atoms with Crippen LogP contribution in [0, 0.1) is 0 Å². The number of amides is 1. The first-order chi connectivity index (χ1) is 11.8. The maximum absolute atomic E-state index is 12.5. The number of carbonyl (C=O) groups excluding carboxylic acids is 1. The normalized spacial score (nSPS) is 21.4. The van der Waals surface area contributed by atoms with E-state index in [9.17, 15) is 4.79 Å². The molecular formula is C19H23N3OS. The van der Waals surface area contributed by atoms with Gasteiger partial charge in [0.25, 0.3) is 5.91 Å². The maximum atomic E-state index is 12.5. The predicted molar refractivity (Wildman–Crippen MR) is 98.5 cm³/mol. The molecule has 2 aromatic rings. The second-order valence-electron chi connectivity index (χ2n) is 6.60. The fourth-order valence-electron chi connectivity index (χ4n) is 3.67. The van der Waals surface area contributed by atoms with Gasteiger partial charge in [0.15, 0.2) is 0 Å². The van der Waals surface area contributed by atoms with Crippen molar-refractivity contribution in [3.05, 3.63) is 52.2 Å². The third-order valence-corrected chi connectivity index (χ3v) is 5.81. The number of hydrogen-bond donors (Lipinski definition) is 1. The Morgan fingerprint density at radius 1 is 1.08 bits per heavy atom. The molecule has 5 heteroatoms. The van der Waals surface area contributed by atoms with E-state index in [1.54, 1.807) is 0 Å². The summed E-state index contributed by atoms with van der Waals surface area (Å²) < 4.78 is 0. The van der Waals surface area contributed by atoms with E-state index < -0.39 is 0 Å². The Morgan fingerprint density at radius 2 is 1.88 bits per heavy atom. The second kappa shape index (κ2) is 6.95. The Labute approximate surface area is 147 Å². The van der Waals surface area contributed by atoms with Crippen molar-refractivity contribution >= 4 is 22.9 Å². The number of carbonyl (C=O) groups is 1. The molecule has 1 amide bonds. The largest absolute Gasteiger partial charge is 0.344 e. The first kappa shape index (κ1) is 15.7. The van der Waals surface area contributed by atoms with E-state index in [-0.39, 0.29) is 12.1 Å². The van der Waals surface area contributed by atoms with E-state index in [0.29, 0.717) is 0 Å². The molecule has 0 radical (unpaired) electrons. The molecule has 1 atom stereocenters. The molecule has 3 heterocycles. The smallest absolute Gasteiger partial charge is 0.265 e. The predicted octanol–water partition coefficient (Wildman–Crippen LogP) is 3.31. The zero-order valence-corrected chi connectivity index (χ0v) is 14.6. The van der Waals surface area contributed by atoms with Crippen LogP contribution in [0.4, 0.5) is 5.69 Å². The van der Waals surface area contributed by atoms with E-state index >= 15 is 0 Å². The van der Waals surface area contributed by atoms with Crippen molar-refractivity contribution in [3.8, 4) is 0 Å². The number of rotatable bonds is 4. The van der Waals surface area contributed by atoms with Gasteiger partial charge in [-0.05, 0) is 42.9 Å². The molecule has 24 heavy (non-hydrogen) atoms. The van der Waals surface area contributed by atoms with E-state index in [1.165, 1.54) is 36.2 Å². The molecular weight excluding hydrogens is 318 g/mol. The van der Waals surface area contributed by atoms with Crippen LogP contribution in [0.3, 0.4) is 0 Å². The number of benzene rings is 1. The molecule has 0 saturated carbocycles. The van der Waals surface area contributed by atoms with Crippen molar-refractivity contribution in [3.63, 3.8) is 0 Å². The molecule has 0 spiro atoms. The Kier molecular flexibility index (Phi) is 4.54. The fourth-order valence-corrected chi connectivity index (χ4v) is 4.47. The Balaban J connectivity index is 1.59. The van der Waals surface area contributed by atoms with Gasteiger partial charge in [-0.25, -0.2) is 0 Å². The van der Waals surface area contributed by atoms with Gasteiger partial charge >= 0.3 is 0 Å². The lowest BCUT2D eigenvalue weighted by atomic mass is 10.1. The molecule has 1 N–H and O–H groups in total. The van der Waals surface area contributed by atoms with Crippen LogP contribution in [0.25, 0.3) is 0 Å². The standard InChI is InChI=1S/C19H23N3OS/c23-19-18-16(9-12-24-18)22(13-15-7-3-1-4-8-15)17(20-19)14-21-10-5-2-6-11-21/h1,3-4,7-9,12,17H,2,5-6,10-11,13-14H2,(H,20,23). The maximum Gasteiger partial charge on any atom is 0.265 e. The van der Waals surface area contributed by atoms with Crippen molar-refractivity contribution in [1.82, 2.24) is 10.2 Å². The van der Waals surface area contributed by atoms with E-state index in [2.05, 4.69) is 45.4 Å². The number of anilines is 1. The van der Waals surface area contributed by atoms with Gasteiger partial charge in [0, 0.05) is 13.1 Å². The number of hydrogen-bond acceptors (Lipinski definition) is 4. The summed E-state index contributed by atoms with van der Waals surface area (Å²) >= 11 is 1.53. The summed E-state index contributed by atoms with van der Waals surface area (Å²) in [5.41, 5.74) is 2.35. The van der Waals surface area contributed by atoms with Gasteiger partial charge in [0.2, 0.25) is 0 Å². The van der Waals surface area contributed by atoms with Crippen LogP contribution in [-0.2, 0) is 6.54 Å². The van der Waals surface area contributed by atoms with Crippen LogP contribution < -0.4 is 10.2 Å². The minimum atomic E-state index is 0.0397. The summed E-state index contributed by atoms with van der Waals surface area (Å²) in [5.74, 6) is 0.0753. The molecule has 4 rings (SSSR count). The van der Waals surface area contributed by atoms with Gasteiger partial charge in [-0.15, -0.1) is 11.3 Å². The van der Waals surface area contributed by atoms with E-state index in [4.69, 9.17) is 0 Å². The molecule has 1 fully saturated rings. The lowest BCUT2D eigenvalue weighted by Crippen LogP contribution is -2.57. The van der Waals surface area contributed by atoms with Gasteiger partial charge < -0.3 is 10.2 Å². The number of fused-ring (bicyclic) bond motifs is 1. The molecule has 0 bridgehead atoms. The van der Waals surface area contributed by atoms with Gasteiger partial charge in [0.1, 0.15) is 11.0 Å². The van der Waals surface area contributed by atoms with Crippen LogP contribution in [0.5, 0.6) is 0 Å². The van der Waals surface area contributed by atoms with Crippen molar-refractivity contribution < 1.29 is 4.79 Å². The highest BCUT2D eigenvalue weighted by Crippen LogP contribution is 2.32. The van der Waals surface area contributed by atoms with Crippen molar-refractivity contribution in [2.45, 2.75) is 32.0 Å². The molecule has 2 aliphatic heterocycles. The third-order valence-electron chi connectivity index (χ3n) is 4.91. The van der Waals surface area contributed by atoms with Crippen molar-refractivity contribution in [1.29, 1.82) is 0 Å². The summed E-state index contributed by atoms with van der Waals surface area (Å²) in [6.45, 7) is 4.00. The zero-order valence-electron chi connectivity index (χ0n) is 13.8. The first-order valence-corrected chi connectivity index (χ1v) is 9.60. The lowest BCUT2D eigenvalue weighted by Gasteiger charge is -2.41. The van der Waals surface area contributed by atoms with Crippen LogP contribution in [-0.4, -0.2) is 36.6 Å². The lowest BCUT2D eigenvalue weighted by molar-refractivity contribution is 0.0911. The topological polar surface area (TPSA) is 35.6 Å². The second-order valence-corrected chi connectivity index (χ2v) is 7.52. The summed E-state index contributed by atoms with van der Waals surface area (Å²) in [5, 5.41) is 5.25. The highest BCUT2D eigenvalue weighted by molar-refractivity contribution is 7.12. The van der Waals surface area contributed by atoms with Gasteiger partial charge in [-0.1, -0.05) is 36.8 Å². The van der Waals surface area contributed by atoms with Gasteiger partial charge in [0.05, 0.1) is 5.69 Å². The molecule has 2 aliphatic rings. The van der Waals surface area contributed by atoms with Crippen molar-refractivity contribution in [2.75, 3.05) is 24.5 Å². The van der Waals surface area contributed by atoms with E-state index in [1.807, 2.05) is 11.4 Å². The number of nitrogens with one attached hydrogen (secondary N) is 1. The highest BCUT2D eigenvalue weighted by atomic mass is 32.1. The molecule has 1 aromatic carbocycles. The molecule has 4 nitrogen and oxygen atoms in total. The van der Waals surface area contributed by atoms with Crippen LogP contribution >= 0.6 is 11.3 Å². The average Bonchev–Trinajstić information content (AvgIpc) is 3.10. The Morgan fingerprint density at radius 3 is 2.67 bits per heavy atom. The van der Waals surface area contributed by atoms with Gasteiger partial charge in [-0.2, -0.15) is 0 Å². The molecule has 1 unspecified atom stereocenters. The Bertz CT molecular complexity index is 694. The minimum absolute atomic E-state index is 0.0397. The van der Waals surface area contributed by atoms with Gasteiger partial charge in [-0.3, -0.25) is 9.69 Å². The first-order valence-electron chi connectivity index (χ1n) is 8.72. The quantitative estimate of drug-likeness (QED) is 0.927. The SMILES string of the molecule is O=C1NC(CN2CCCCC2)N(Cc2ccccc2)c2ccsc21. The zero-order chi connectivity index (χ0) is 16.4. The van der Waals surface area contributed by atoms with Crippen LogP contribution in [0.1, 0.15) is 34.5 Å². The van der Waals surface area contributed by atoms with Crippen LogP contribution in [0.15, 0.2) is 41.8 Å².